The van der Waals surface area contributed by atoms with E-state index in [1.165, 1.54) is 12.3 Å². The molecule has 0 aliphatic carbocycles. The van der Waals surface area contributed by atoms with Crippen molar-refractivity contribution in [1.29, 1.82) is 0 Å². The number of aromatic nitrogens is 3. The third-order valence-electron chi connectivity index (χ3n) is 2.00. The number of hydrogen-bond acceptors (Lipinski definition) is 5. The van der Waals surface area contributed by atoms with Crippen LogP contribution in [0.3, 0.4) is 0 Å². The quantitative estimate of drug-likeness (QED) is 0.889. The molecule has 7 nitrogen and oxygen atoms in total. The molecule has 0 spiro atoms. The van der Waals surface area contributed by atoms with Crippen LogP contribution in [0.1, 0.15) is 33.1 Å². The molecule has 0 aliphatic rings. The third-order valence-corrected chi connectivity index (χ3v) is 2.00. The van der Waals surface area contributed by atoms with Crippen LogP contribution in [0, 0.1) is 0 Å². The highest BCUT2D eigenvalue weighted by Crippen LogP contribution is 2.13. The van der Waals surface area contributed by atoms with Crippen LogP contribution in [-0.2, 0) is 0 Å². The standard InChI is InChI=1S/C6H4F2N2O2.C6H5NO2/c7-5(8)3-1-10-4(2-9-3)6(11)12;8-6(9)5-3-1-2-4-7-5/h1-2,5H,(H,11,12);1-4H,(H,8,9). The topological polar surface area (TPSA) is 113 Å². The number of carboxylic acid groups (broad SMARTS) is 2. The summed E-state index contributed by atoms with van der Waals surface area (Å²) in [4.78, 5) is 30.4. The Morgan fingerprint density at radius 3 is 1.95 bits per heavy atom. The molecule has 2 N–H and O–H groups in total. The minimum absolute atomic E-state index is 0.0810. The van der Waals surface area contributed by atoms with Gasteiger partial charge in [0, 0.05) is 6.20 Å². The van der Waals surface area contributed by atoms with Gasteiger partial charge in [0.05, 0.1) is 12.4 Å². The van der Waals surface area contributed by atoms with Crippen LogP contribution >= 0.6 is 0 Å². The lowest BCUT2D eigenvalue weighted by molar-refractivity contribution is 0.0679. The number of rotatable bonds is 3. The van der Waals surface area contributed by atoms with Crippen LogP contribution < -0.4 is 0 Å². The zero-order valence-electron chi connectivity index (χ0n) is 10.3. The van der Waals surface area contributed by atoms with Crippen molar-refractivity contribution < 1.29 is 28.6 Å². The number of alkyl halides is 2. The molecule has 0 saturated heterocycles. The highest BCUT2D eigenvalue weighted by Gasteiger charge is 2.10. The third kappa shape index (κ3) is 5.27. The summed E-state index contributed by atoms with van der Waals surface area (Å²) in [6.07, 6.45) is 0.266. The molecular formula is C12H9F2N3O4. The summed E-state index contributed by atoms with van der Waals surface area (Å²) in [6.45, 7) is 0. The van der Waals surface area contributed by atoms with Crippen molar-refractivity contribution in [3.63, 3.8) is 0 Å². The van der Waals surface area contributed by atoms with Gasteiger partial charge in [-0.2, -0.15) is 0 Å². The Balaban J connectivity index is 0.000000219. The molecule has 0 amide bonds. The number of hydrogen-bond donors (Lipinski definition) is 2. The number of nitrogens with zero attached hydrogens (tertiary/aromatic N) is 3. The molecule has 2 aromatic rings. The van der Waals surface area contributed by atoms with E-state index < -0.39 is 24.1 Å². The van der Waals surface area contributed by atoms with Crippen molar-refractivity contribution in [2.45, 2.75) is 6.43 Å². The summed E-state index contributed by atoms with van der Waals surface area (Å²) in [6, 6.07) is 4.76. The van der Waals surface area contributed by atoms with Gasteiger partial charge in [0.2, 0.25) is 0 Å². The zero-order valence-corrected chi connectivity index (χ0v) is 10.3. The Morgan fingerprint density at radius 2 is 1.62 bits per heavy atom. The molecule has 110 valence electrons. The number of carbonyl (C=O) groups is 2. The molecule has 2 rings (SSSR count). The average molecular weight is 297 g/mol. The van der Waals surface area contributed by atoms with Gasteiger partial charge in [0.15, 0.2) is 5.69 Å². The van der Waals surface area contributed by atoms with Gasteiger partial charge in [-0.1, -0.05) is 6.07 Å². The van der Waals surface area contributed by atoms with Crippen molar-refractivity contribution in [3.8, 4) is 0 Å². The fraction of sp³-hybridized carbons (Fsp3) is 0.0833. The molecule has 0 fully saturated rings. The van der Waals surface area contributed by atoms with E-state index >= 15 is 0 Å². The lowest BCUT2D eigenvalue weighted by Crippen LogP contribution is -2.02. The molecule has 21 heavy (non-hydrogen) atoms. The van der Waals surface area contributed by atoms with E-state index in [4.69, 9.17) is 10.2 Å². The highest BCUT2D eigenvalue weighted by atomic mass is 19.3. The Bertz CT molecular complexity index is 606. The maximum Gasteiger partial charge on any atom is 0.356 e. The molecule has 0 atom stereocenters. The summed E-state index contributed by atoms with van der Waals surface area (Å²) in [7, 11) is 0. The number of pyridine rings is 1. The van der Waals surface area contributed by atoms with Crippen LogP contribution in [0.15, 0.2) is 36.8 Å². The first-order chi connectivity index (χ1) is 9.91. The number of carboxylic acids is 2. The first kappa shape index (κ1) is 16.1. The maximum atomic E-state index is 11.8. The van der Waals surface area contributed by atoms with E-state index in [0.29, 0.717) is 0 Å². The van der Waals surface area contributed by atoms with E-state index in [1.54, 1.807) is 12.1 Å². The first-order valence-electron chi connectivity index (χ1n) is 5.39. The second kappa shape index (κ2) is 7.58. The Morgan fingerprint density at radius 1 is 0.952 bits per heavy atom. The summed E-state index contributed by atoms with van der Waals surface area (Å²) in [5.41, 5.74) is -0.795. The Hall–Kier alpha value is -2.97. The minimum atomic E-state index is -2.72. The van der Waals surface area contributed by atoms with Crippen LogP contribution in [-0.4, -0.2) is 37.1 Å². The van der Waals surface area contributed by atoms with Gasteiger partial charge >= 0.3 is 11.9 Å². The Kier molecular flexibility index (Phi) is 5.80. The second-order valence-electron chi connectivity index (χ2n) is 3.45. The van der Waals surface area contributed by atoms with Crippen LogP contribution in [0.2, 0.25) is 0 Å². The minimum Gasteiger partial charge on any atom is -0.477 e. The van der Waals surface area contributed by atoms with Crippen LogP contribution in [0.25, 0.3) is 0 Å². The summed E-state index contributed by atoms with van der Waals surface area (Å²) in [5, 5.41) is 16.6. The molecule has 9 heteroatoms. The predicted octanol–water partition coefficient (Wildman–Crippen LogP) is 1.89. The summed E-state index contributed by atoms with van der Waals surface area (Å²) in [5.74, 6) is -2.28. The summed E-state index contributed by atoms with van der Waals surface area (Å²) >= 11 is 0. The van der Waals surface area contributed by atoms with Gasteiger partial charge in [-0.05, 0) is 12.1 Å². The van der Waals surface area contributed by atoms with Gasteiger partial charge in [0.25, 0.3) is 6.43 Å². The monoisotopic (exact) mass is 297 g/mol. The zero-order chi connectivity index (χ0) is 15.8. The molecule has 0 radical (unpaired) electrons. The lowest BCUT2D eigenvalue weighted by atomic mass is 10.4. The van der Waals surface area contributed by atoms with Crippen LogP contribution in [0.4, 0.5) is 8.78 Å². The number of aromatic carboxylic acids is 2. The van der Waals surface area contributed by atoms with E-state index in [9.17, 15) is 18.4 Å². The van der Waals surface area contributed by atoms with Crippen molar-refractivity contribution in [2.75, 3.05) is 0 Å². The van der Waals surface area contributed by atoms with Gasteiger partial charge in [-0.3, -0.25) is 4.98 Å². The van der Waals surface area contributed by atoms with Crippen molar-refractivity contribution >= 4 is 11.9 Å². The average Bonchev–Trinajstić information content (AvgIpc) is 2.49. The molecule has 0 aliphatic heterocycles. The Labute approximate surface area is 116 Å². The normalized spacial score (nSPS) is 9.67. The summed E-state index contributed by atoms with van der Waals surface area (Å²) < 4.78 is 23.7. The molecule has 2 aromatic heterocycles. The van der Waals surface area contributed by atoms with E-state index in [2.05, 4.69) is 15.0 Å². The molecule has 0 saturated carbocycles. The van der Waals surface area contributed by atoms with Gasteiger partial charge in [-0.25, -0.2) is 28.3 Å². The van der Waals surface area contributed by atoms with E-state index in [-0.39, 0.29) is 11.4 Å². The van der Waals surface area contributed by atoms with Gasteiger partial charge in [0.1, 0.15) is 11.4 Å². The smallest absolute Gasteiger partial charge is 0.356 e. The molecule has 0 unspecified atom stereocenters. The maximum absolute atomic E-state index is 11.8. The van der Waals surface area contributed by atoms with Gasteiger partial charge < -0.3 is 10.2 Å². The van der Waals surface area contributed by atoms with Crippen molar-refractivity contribution in [2.24, 2.45) is 0 Å². The molecular weight excluding hydrogens is 288 g/mol. The largest absolute Gasteiger partial charge is 0.477 e. The fourth-order valence-electron chi connectivity index (χ4n) is 1.05. The molecule has 0 aromatic carbocycles. The fourth-order valence-corrected chi connectivity index (χ4v) is 1.05. The molecule has 0 bridgehead atoms. The van der Waals surface area contributed by atoms with Crippen LogP contribution in [0.5, 0.6) is 0 Å². The SMILES string of the molecule is O=C(O)c1ccccn1.O=C(O)c1cnc(C(F)F)cn1. The lowest BCUT2D eigenvalue weighted by Gasteiger charge is -1.96. The number of halogens is 2. The predicted molar refractivity (Wildman–Crippen MR) is 65.1 cm³/mol. The highest BCUT2D eigenvalue weighted by molar-refractivity contribution is 5.85. The van der Waals surface area contributed by atoms with Gasteiger partial charge in [-0.15, -0.1) is 0 Å². The van der Waals surface area contributed by atoms with Crippen molar-refractivity contribution in [3.05, 3.63) is 53.9 Å². The van der Waals surface area contributed by atoms with Crippen molar-refractivity contribution in [1.82, 2.24) is 15.0 Å². The molecule has 2 heterocycles. The van der Waals surface area contributed by atoms with E-state index in [1.807, 2.05) is 0 Å². The van der Waals surface area contributed by atoms with E-state index in [0.717, 1.165) is 12.4 Å². The first-order valence-corrected chi connectivity index (χ1v) is 5.39. The second-order valence-corrected chi connectivity index (χ2v) is 3.45.